The first-order valence-corrected chi connectivity index (χ1v) is 7.71. The number of hydrogen-bond donors (Lipinski definition) is 2. The van der Waals surface area contributed by atoms with Crippen molar-refractivity contribution in [1.29, 1.82) is 0 Å². The van der Waals surface area contributed by atoms with E-state index in [4.69, 9.17) is 5.84 Å². The molecule has 0 aromatic carbocycles. The van der Waals surface area contributed by atoms with Crippen LogP contribution in [0.25, 0.3) is 0 Å². The lowest BCUT2D eigenvalue weighted by Gasteiger charge is -2.16. The van der Waals surface area contributed by atoms with Crippen LogP contribution in [0.3, 0.4) is 0 Å². The van der Waals surface area contributed by atoms with Gasteiger partial charge < -0.3 is 4.90 Å². The van der Waals surface area contributed by atoms with Gasteiger partial charge in [-0.1, -0.05) is 0 Å². The number of rotatable bonds is 7. The number of hydrogen-bond acceptors (Lipinski definition) is 5. The lowest BCUT2D eigenvalue weighted by atomic mass is 10.2. The molecular weight excluding hydrogens is 254 g/mol. The average Bonchev–Trinajstić information content (AvgIpc) is 2.76. The number of nitrogens with zero attached hydrogens (tertiary/aromatic N) is 1. The van der Waals surface area contributed by atoms with Crippen molar-refractivity contribution >= 4 is 29.0 Å². The Balaban J connectivity index is 2.50. The van der Waals surface area contributed by atoms with Gasteiger partial charge in [0.1, 0.15) is 0 Å². The van der Waals surface area contributed by atoms with E-state index in [2.05, 4.69) is 23.6 Å². The summed E-state index contributed by atoms with van der Waals surface area (Å²) < 4.78 is 0. The third-order valence-electron chi connectivity index (χ3n) is 2.41. The van der Waals surface area contributed by atoms with Crippen LogP contribution in [0.4, 0.5) is 0 Å². The summed E-state index contributed by atoms with van der Waals surface area (Å²) in [5, 5.41) is 1.93. The van der Waals surface area contributed by atoms with E-state index in [1.807, 2.05) is 23.2 Å². The number of amides is 1. The minimum atomic E-state index is -0.201. The number of thioether (sulfide) groups is 1. The first-order chi connectivity index (χ1) is 8.19. The van der Waals surface area contributed by atoms with Crippen LogP contribution >= 0.6 is 23.1 Å². The zero-order valence-corrected chi connectivity index (χ0v) is 11.9. The summed E-state index contributed by atoms with van der Waals surface area (Å²) in [6, 6.07) is 1.99. The van der Waals surface area contributed by atoms with Gasteiger partial charge in [0.25, 0.3) is 5.91 Å². The molecule has 0 spiro atoms. The Bertz CT molecular complexity index is 354. The summed E-state index contributed by atoms with van der Waals surface area (Å²) in [6.45, 7) is 1.83. The average molecular weight is 273 g/mol. The molecule has 0 aliphatic heterocycles. The Kier molecular flexibility index (Phi) is 6.57. The first-order valence-electron chi connectivity index (χ1n) is 5.43. The lowest BCUT2D eigenvalue weighted by Crippen LogP contribution is -2.30. The van der Waals surface area contributed by atoms with Gasteiger partial charge in [0.05, 0.1) is 4.88 Å². The summed E-state index contributed by atoms with van der Waals surface area (Å²) >= 11 is 3.29. The van der Waals surface area contributed by atoms with Gasteiger partial charge in [-0.3, -0.25) is 10.2 Å². The van der Waals surface area contributed by atoms with E-state index in [1.165, 1.54) is 23.5 Å². The predicted molar refractivity (Wildman–Crippen MR) is 75.3 cm³/mol. The zero-order chi connectivity index (χ0) is 12.7. The minimum absolute atomic E-state index is 0.201. The van der Waals surface area contributed by atoms with Crippen LogP contribution in [0, 0.1) is 0 Å². The maximum atomic E-state index is 11.5. The fourth-order valence-corrected chi connectivity index (χ4v) is 2.81. The number of nitrogen functional groups attached to an aromatic ring is 1. The molecule has 1 aromatic rings. The molecule has 1 heterocycles. The molecule has 96 valence electrons. The number of carbonyl (C=O) groups excluding carboxylic acids is 1. The van der Waals surface area contributed by atoms with E-state index in [-0.39, 0.29) is 5.91 Å². The third kappa shape index (κ3) is 4.67. The van der Waals surface area contributed by atoms with E-state index >= 15 is 0 Å². The summed E-state index contributed by atoms with van der Waals surface area (Å²) in [4.78, 5) is 14.4. The van der Waals surface area contributed by atoms with Gasteiger partial charge in [0.2, 0.25) is 0 Å². The predicted octanol–water partition coefficient (Wildman–Crippen LogP) is 1.54. The van der Waals surface area contributed by atoms with Crippen molar-refractivity contribution in [2.45, 2.75) is 13.0 Å². The molecule has 0 saturated heterocycles. The van der Waals surface area contributed by atoms with E-state index < -0.39 is 0 Å². The smallest absolute Gasteiger partial charge is 0.275 e. The fourth-order valence-electron chi connectivity index (χ4n) is 1.57. The van der Waals surface area contributed by atoms with Crippen LogP contribution in [-0.2, 0) is 6.54 Å². The van der Waals surface area contributed by atoms with Gasteiger partial charge in [0.15, 0.2) is 0 Å². The van der Waals surface area contributed by atoms with Crippen LogP contribution in [0.15, 0.2) is 11.4 Å². The van der Waals surface area contributed by atoms with Gasteiger partial charge in [-0.2, -0.15) is 11.8 Å². The molecule has 17 heavy (non-hydrogen) atoms. The monoisotopic (exact) mass is 273 g/mol. The highest BCUT2D eigenvalue weighted by Gasteiger charge is 2.13. The summed E-state index contributed by atoms with van der Waals surface area (Å²) in [6.07, 6.45) is 3.28. The maximum Gasteiger partial charge on any atom is 0.275 e. The first kappa shape index (κ1) is 14.5. The van der Waals surface area contributed by atoms with Crippen LogP contribution in [0.5, 0.6) is 0 Å². The molecule has 0 aliphatic rings. The highest BCUT2D eigenvalue weighted by atomic mass is 32.2. The van der Waals surface area contributed by atoms with Crippen molar-refractivity contribution < 1.29 is 4.79 Å². The number of hydrazine groups is 1. The quantitative estimate of drug-likeness (QED) is 0.342. The van der Waals surface area contributed by atoms with E-state index in [0.29, 0.717) is 4.88 Å². The van der Waals surface area contributed by atoms with Crippen molar-refractivity contribution in [1.82, 2.24) is 10.3 Å². The van der Waals surface area contributed by atoms with Crippen molar-refractivity contribution in [3.63, 3.8) is 0 Å². The molecule has 0 saturated carbocycles. The molecule has 1 aromatic heterocycles. The SMILES string of the molecule is CSCCCN(C)Cc1ccsc1C(=O)NN. The highest BCUT2D eigenvalue weighted by molar-refractivity contribution is 7.98. The van der Waals surface area contributed by atoms with Gasteiger partial charge >= 0.3 is 0 Å². The van der Waals surface area contributed by atoms with Gasteiger partial charge in [-0.05, 0) is 49.0 Å². The Hall–Kier alpha value is -0.560. The van der Waals surface area contributed by atoms with Crippen LogP contribution in [0.1, 0.15) is 21.7 Å². The number of nitrogens with one attached hydrogen (secondary N) is 1. The number of thiophene rings is 1. The standard InChI is InChI=1S/C11H19N3OS2/c1-14(5-3-6-16-2)8-9-4-7-17-10(9)11(15)13-12/h4,7H,3,5-6,8,12H2,1-2H3,(H,13,15). The van der Waals surface area contributed by atoms with Gasteiger partial charge in [0, 0.05) is 6.54 Å². The Labute approximate surface area is 111 Å². The normalized spacial score (nSPS) is 10.8. The summed E-state index contributed by atoms with van der Waals surface area (Å²) in [5.74, 6) is 6.12. The molecule has 0 unspecified atom stereocenters. The topological polar surface area (TPSA) is 58.4 Å². The molecular formula is C11H19N3OS2. The van der Waals surface area contributed by atoms with E-state index in [9.17, 15) is 4.79 Å². The van der Waals surface area contributed by atoms with E-state index in [0.717, 1.165) is 18.7 Å². The van der Waals surface area contributed by atoms with Gasteiger partial charge in [-0.25, -0.2) is 5.84 Å². The third-order valence-corrected chi connectivity index (χ3v) is 4.07. The van der Waals surface area contributed by atoms with Crippen molar-refractivity contribution in [3.8, 4) is 0 Å². The second-order valence-electron chi connectivity index (χ2n) is 3.83. The Morgan fingerprint density at radius 1 is 1.65 bits per heavy atom. The molecule has 1 amide bonds. The van der Waals surface area contributed by atoms with E-state index in [1.54, 1.807) is 0 Å². The molecule has 0 atom stereocenters. The lowest BCUT2D eigenvalue weighted by molar-refractivity contribution is 0.0956. The Morgan fingerprint density at radius 3 is 3.06 bits per heavy atom. The molecule has 1 rings (SSSR count). The second-order valence-corrected chi connectivity index (χ2v) is 5.73. The molecule has 0 radical (unpaired) electrons. The van der Waals surface area contributed by atoms with Gasteiger partial charge in [-0.15, -0.1) is 11.3 Å². The van der Waals surface area contributed by atoms with Crippen molar-refractivity contribution in [3.05, 3.63) is 21.9 Å². The zero-order valence-electron chi connectivity index (χ0n) is 10.2. The molecule has 4 nitrogen and oxygen atoms in total. The molecule has 3 N–H and O–H groups in total. The van der Waals surface area contributed by atoms with Crippen LogP contribution < -0.4 is 11.3 Å². The molecule has 0 bridgehead atoms. The fraction of sp³-hybridized carbons (Fsp3) is 0.545. The van der Waals surface area contributed by atoms with Crippen molar-refractivity contribution in [2.75, 3.05) is 25.6 Å². The highest BCUT2D eigenvalue weighted by Crippen LogP contribution is 2.18. The number of carbonyl (C=O) groups is 1. The molecule has 0 fully saturated rings. The van der Waals surface area contributed by atoms with Crippen molar-refractivity contribution in [2.24, 2.45) is 5.84 Å². The molecule has 0 aliphatic carbocycles. The summed E-state index contributed by atoms with van der Waals surface area (Å²) in [7, 11) is 2.07. The maximum absolute atomic E-state index is 11.5. The second kappa shape index (κ2) is 7.71. The number of nitrogens with two attached hydrogens (primary N) is 1. The summed E-state index contributed by atoms with van der Waals surface area (Å²) in [5.41, 5.74) is 3.23. The molecule has 6 heteroatoms. The minimum Gasteiger partial charge on any atom is -0.302 e. The Morgan fingerprint density at radius 2 is 2.41 bits per heavy atom. The van der Waals surface area contributed by atoms with Crippen LogP contribution in [-0.4, -0.2) is 36.4 Å². The largest absolute Gasteiger partial charge is 0.302 e. The van der Waals surface area contributed by atoms with Crippen LogP contribution in [0.2, 0.25) is 0 Å².